The first kappa shape index (κ1) is 21.3. The maximum Gasteiger partial charge on any atom is 0.188 e. The molecule has 0 aromatic rings. The van der Waals surface area contributed by atoms with Crippen LogP contribution in [0.3, 0.4) is 0 Å². The number of nitrogens with one attached hydrogen (secondary N) is 1. The molecule has 116 valence electrons. The molecule has 0 atom stereocenters. The van der Waals surface area contributed by atoms with E-state index in [0.29, 0.717) is 12.6 Å². The highest BCUT2D eigenvalue weighted by Crippen LogP contribution is 2.04. The van der Waals surface area contributed by atoms with Crippen LogP contribution in [0.5, 0.6) is 0 Å². The molecule has 0 radical (unpaired) electrons. The molecule has 0 aliphatic carbocycles. The van der Waals surface area contributed by atoms with E-state index in [2.05, 4.69) is 17.2 Å². The summed E-state index contributed by atoms with van der Waals surface area (Å²) in [5.41, 5.74) is 5.74. The van der Waals surface area contributed by atoms with Crippen molar-refractivity contribution in [3.8, 4) is 0 Å². The van der Waals surface area contributed by atoms with Gasteiger partial charge in [-0.1, -0.05) is 39.0 Å². The molecular formula is C14H32IN3O. The predicted octanol–water partition coefficient (Wildman–Crippen LogP) is 3.29. The van der Waals surface area contributed by atoms with Crippen LogP contribution in [0.1, 0.15) is 59.3 Å². The number of rotatable bonds is 11. The molecule has 19 heavy (non-hydrogen) atoms. The van der Waals surface area contributed by atoms with E-state index in [0.717, 1.165) is 19.5 Å². The van der Waals surface area contributed by atoms with Crippen molar-refractivity contribution in [3.05, 3.63) is 0 Å². The van der Waals surface area contributed by atoms with Crippen molar-refractivity contribution in [1.29, 1.82) is 0 Å². The van der Waals surface area contributed by atoms with Crippen LogP contribution in [0.25, 0.3) is 0 Å². The van der Waals surface area contributed by atoms with Crippen LogP contribution in [0.15, 0.2) is 4.99 Å². The fourth-order valence-electron chi connectivity index (χ4n) is 1.62. The number of hydrogen-bond donors (Lipinski definition) is 2. The Morgan fingerprint density at radius 1 is 1.16 bits per heavy atom. The number of guanidine groups is 1. The summed E-state index contributed by atoms with van der Waals surface area (Å²) in [6, 6.07) is 0. The van der Waals surface area contributed by atoms with Crippen LogP contribution in [-0.4, -0.2) is 31.8 Å². The molecule has 0 aliphatic rings. The second-order valence-corrected chi connectivity index (χ2v) is 4.88. The number of aliphatic imine (C=N–C) groups is 1. The van der Waals surface area contributed by atoms with Gasteiger partial charge in [-0.05, 0) is 20.3 Å². The van der Waals surface area contributed by atoms with E-state index in [1.165, 1.54) is 32.1 Å². The fourth-order valence-corrected chi connectivity index (χ4v) is 1.62. The molecule has 3 N–H and O–H groups in total. The van der Waals surface area contributed by atoms with Crippen LogP contribution in [0.2, 0.25) is 0 Å². The van der Waals surface area contributed by atoms with Crippen molar-refractivity contribution in [2.45, 2.75) is 65.4 Å². The van der Waals surface area contributed by atoms with E-state index in [1.54, 1.807) is 0 Å². The number of nitrogens with two attached hydrogens (primary N) is 1. The highest BCUT2D eigenvalue weighted by Gasteiger charge is 1.94. The van der Waals surface area contributed by atoms with E-state index in [-0.39, 0.29) is 30.1 Å². The Balaban J connectivity index is 0. The normalized spacial score (nSPS) is 11.5. The third-order valence-electron chi connectivity index (χ3n) is 2.65. The van der Waals surface area contributed by atoms with Crippen molar-refractivity contribution < 1.29 is 4.74 Å². The average molecular weight is 385 g/mol. The van der Waals surface area contributed by atoms with Gasteiger partial charge in [-0.15, -0.1) is 24.0 Å². The Bertz CT molecular complexity index is 211. The van der Waals surface area contributed by atoms with Gasteiger partial charge >= 0.3 is 0 Å². The van der Waals surface area contributed by atoms with Gasteiger partial charge in [0.2, 0.25) is 0 Å². The summed E-state index contributed by atoms with van der Waals surface area (Å²) in [6.07, 6.45) is 7.98. The molecule has 0 saturated carbocycles. The lowest BCUT2D eigenvalue weighted by molar-refractivity contribution is 0.0830. The summed E-state index contributed by atoms with van der Waals surface area (Å²) in [5.74, 6) is 0.538. The Hall–Kier alpha value is -0.0400. The number of nitrogens with zero attached hydrogens (tertiary/aromatic N) is 1. The van der Waals surface area contributed by atoms with Gasteiger partial charge in [0.1, 0.15) is 0 Å². The molecular weight excluding hydrogens is 353 g/mol. The van der Waals surface area contributed by atoms with Crippen LogP contribution in [-0.2, 0) is 4.74 Å². The lowest BCUT2D eigenvalue weighted by Crippen LogP contribution is -2.34. The third kappa shape index (κ3) is 18.0. The molecule has 0 saturated heterocycles. The van der Waals surface area contributed by atoms with E-state index >= 15 is 0 Å². The summed E-state index contributed by atoms with van der Waals surface area (Å²) in [5, 5.41) is 3.05. The zero-order chi connectivity index (χ0) is 13.6. The molecule has 0 amide bonds. The van der Waals surface area contributed by atoms with Crippen molar-refractivity contribution in [2.75, 3.05) is 19.7 Å². The lowest BCUT2D eigenvalue weighted by atomic mass is 10.1. The molecule has 0 bridgehead atoms. The first-order valence-corrected chi connectivity index (χ1v) is 7.32. The number of ether oxygens (including phenoxy) is 1. The molecule has 0 aromatic carbocycles. The zero-order valence-corrected chi connectivity index (χ0v) is 15.1. The first-order valence-electron chi connectivity index (χ1n) is 7.32. The minimum atomic E-state index is 0. The monoisotopic (exact) mass is 385 g/mol. The van der Waals surface area contributed by atoms with E-state index in [9.17, 15) is 0 Å². The van der Waals surface area contributed by atoms with Crippen LogP contribution in [0, 0.1) is 0 Å². The van der Waals surface area contributed by atoms with Gasteiger partial charge in [-0.25, -0.2) is 0 Å². The Kier molecular flexibility index (Phi) is 17.9. The molecule has 0 fully saturated rings. The smallest absolute Gasteiger partial charge is 0.188 e. The van der Waals surface area contributed by atoms with E-state index in [4.69, 9.17) is 10.5 Å². The van der Waals surface area contributed by atoms with Crippen molar-refractivity contribution in [1.82, 2.24) is 5.32 Å². The second-order valence-electron chi connectivity index (χ2n) is 4.88. The quantitative estimate of drug-likeness (QED) is 0.248. The van der Waals surface area contributed by atoms with Crippen molar-refractivity contribution in [2.24, 2.45) is 10.7 Å². The van der Waals surface area contributed by atoms with Gasteiger partial charge in [0.05, 0.1) is 12.7 Å². The Morgan fingerprint density at radius 3 is 2.42 bits per heavy atom. The number of unbranched alkanes of at least 4 members (excludes halogenated alkanes) is 5. The zero-order valence-electron chi connectivity index (χ0n) is 12.8. The molecule has 5 heteroatoms. The minimum Gasteiger partial charge on any atom is -0.377 e. The third-order valence-corrected chi connectivity index (χ3v) is 2.65. The topological polar surface area (TPSA) is 59.6 Å². The minimum absolute atomic E-state index is 0. The average Bonchev–Trinajstić information content (AvgIpc) is 2.33. The van der Waals surface area contributed by atoms with Gasteiger partial charge < -0.3 is 15.8 Å². The first-order chi connectivity index (χ1) is 8.66. The highest BCUT2D eigenvalue weighted by atomic mass is 127. The van der Waals surface area contributed by atoms with Crippen LogP contribution in [0.4, 0.5) is 0 Å². The van der Waals surface area contributed by atoms with Crippen molar-refractivity contribution >= 4 is 29.9 Å². The summed E-state index contributed by atoms with van der Waals surface area (Å²) in [6.45, 7) is 8.51. The SMILES string of the molecule is CCCCCCCCN=C(N)NCCOC(C)C.I. The highest BCUT2D eigenvalue weighted by molar-refractivity contribution is 14.0. The van der Waals surface area contributed by atoms with Gasteiger partial charge in [-0.3, -0.25) is 4.99 Å². The Labute approximate surface area is 136 Å². The van der Waals surface area contributed by atoms with Crippen molar-refractivity contribution in [3.63, 3.8) is 0 Å². The molecule has 0 spiro atoms. The van der Waals surface area contributed by atoms with E-state index < -0.39 is 0 Å². The molecule has 4 nitrogen and oxygen atoms in total. The second kappa shape index (κ2) is 16.0. The maximum atomic E-state index is 5.74. The maximum absolute atomic E-state index is 5.74. The van der Waals surface area contributed by atoms with E-state index in [1.807, 2.05) is 13.8 Å². The summed E-state index contributed by atoms with van der Waals surface area (Å²) < 4.78 is 5.40. The molecule has 0 aromatic heterocycles. The van der Waals surface area contributed by atoms with Gasteiger partial charge in [0.15, 0.2) is 5.96 Å². The molecule has 0 heterocycles. The standard InChI is InChI=1S/C14H31N3O.HI/c1-4-5-6-7-8-9-10-16-14(15)17-11-12-18-13(2)3;/h13H,4-12H2,1-3H3,(H3,15,16,17);1H. The number of halogens is 1. The largest absolute Gasteiger partial charge is 0.377 e. The molecule has 0 aliphatic heterocycles. The van der Waals surface area contributed by atoms with Crippen LogP contribution < -0.4 is 11.1 Å². The van der Waals surface area contributed by atoms with Gasteiger partial charge in [0.25, 0.3) is 0 Å². The lowest BCUT2D eigenvalue weighted by Gasteiger charge is -2.08. The Morgan fingerprint density at radius 2 is 1.79 bits per heavy atom. The molecule has 0 unspecified atom stereocenters. The van der Waals surface area contributed by atoms with Crippen LogP contribution >= 0.6 is 24.0 Å². The summed E-state index contributed by atoms with van der Waals surface area (Å²) in [4.78, 5) is 4.29. The summed E-state index contributed by atoms with van der Waals surface area (Å²) >= 11 is 0. The summed E-state index contributed by atoms with van der Waals surface area (Å²) in [7, 11) is 0. The predicted molar refractivity (Wildman–Crippen MR) is 94.4 cm³/mol. The van der Waals surface area contributed by atoms with Gasteiger partial charge in [0, 0.05) is 13.1 Å². The fraction of sp³-hybridized carbons (Fsp3) is 0.929. The number of hydrogen-bond acceptors (Lipinski definition) is 2. The van der Waals surface area contributed by atoms with Gasteiger partial charge in [-0.2, -0.15) is 0 Å². The molecule has 0 rings (SSSR count).